The van der Waals surface area contributed by atoms with Crippen molar-refractivity contribution in [2.45, 2.75) is 25.3 Å². The molecule has 4 rings (SSSR count). The summed E-state index contributed by atoms with van der Waals surface area (Å²) in [6, 6.07) is 9.47. The monoisotopic (exact) mass is 347 g/mol. The molecule has 4 heterocycles. The van der Waals surface area contributed by atoms with Crippen LogP contribution in [-0.2, 0) is 6.54 Å². The zero-order chi connectivity index (χ0) is 17.8. The van der Waals surface area contributed by atoms with Gasteiger partial charge in [0.05, 0.1) is 5.69 Å². The lowest BCUT2D eigenvalue weighted by molar-refractivity contribution is 0.198. The maximum atomic E-state index is 12.2. The Labute approximate surface area is 152 Å². The van der Waals surface area contributed by atoms with Gasteiger partial charge in [-0.1, -0.05) is 0 Å². The second-order valence-corrected chi connectivity index (χ2v) is 6.68. The summed E-state index contributed by atoms with van der Waals surface area (Å²) in [5.41, 5.74) is 2.91. The van der Waals surface area contributed by atoms with Crippen LogP contribution in [0.4, 0.5) is 0 Å². The Bertz CT molecular complexity index is 910. The second kappa shape index (κ2) is 7.58. The first-order valence-electron chi connectivity index (χ1n) is 8.91. The Kier molecular flexibility index (Phi) is 4.84. The van der Waals surface area contributed by atoms with E-state index < -0.39 is 0 Å². The molecule has 0 bridgehead atoms. The molecule has 3 aromatic rings. The van der Waals surface area contributed by atoms with Crippen molar-refractivity contribution in [3.05, 3.63) is 76.7 Å². The van der Waals surface area contributed by atoms with Gasteiger partial charge < -0.3 is 4.98 Å². The van der Waals surface area contributed by atoms with E-state index in [1.807, 2.05) is 24.5 Å². The number of pyridine rings is 2. The molecule has 1 fully saturated rings. The fourth-order valence-corrected chi connectivity index (χ4v) is 3.52. The lowest BCUT2D eigenvalue weighted by atomic mass is 9.94. The van der Waals surface area contributed by atoms with Gasteiger partial charge in [-0.25, -0.2) is 4.98 Å². The highest BCUT2D eigenvalue weighted by atomic mass is 16.1. The van der Waals surface area contributed by atoms with Crippen LogP contribution in [0.3, 0.4) is 0 Å². The van der Waals surface area contributed by atoms with Crippen LogP contribution < -0.4 is 5.56 Å². The third kappa shape index (κ3) is 3.86. The molecule has 1 aliphatic heterocycles. The molecular formula is C20H21N5O. The second-order valence-electron chi connectivity index (χ2n) is 6.68. The number of hydrogen-bond donors (Lipinski definition) is 1. The molecule has 6 nitrogen and oxygen atoms in total. The summed E-state index contributed by atoms with van der Waals surface area (Å²) in [6.07, 6.45) is 9.23. The zero-order valence-corrected chi connectivity index (χ0v) is 14.5. The van der Waals surface area contributed by atoms with Gasteiger partial charge >= 0.3 is 0 Å². The maximum Gasteiger partial charge on any atom is 0.251 e. The van der Waals surface area contributed by atoms with Gasteiger partial charge in [-0.15, -0.1) is 0 Å². The summed E-state index contributed by atoms with van der Waals surface area (Å²) in [5, 5.41) is 0. The molecule has 0 saturated carbocycles. The Balaban J connectivity index is 1.55. The fraction of sp³-hybridized carbons (Fsp3) is 0.300. The van der Waals surface area contributed by atoms with Crippen molar-refractivity contribution in [3.8, 4) is 11.4 Å². The number of nitrogens with one attached hydrogen (secondary N) is 1. The molecule has 0 aliphatic carbocycles. The molecule has 1 aliphatic rings. The quantitative estimate of drug-likeness (QED) is 0.785. The van der Waals surface area contributed by atoms with Crippen molar-refractivity contribution in [2.24, 2.45) is 0 Å². The van der Waals surface area contributed by atoms with Crippen LogP contribution in [0.5, 0.6) is 0 Å². The summed E-state index contributed by atoms with van der Waals surface area (Å²) in [5.74, 6) is 0.884. The average Bonchev–Trinajstić information content (AvgIpc) is 2.69. The first-order chi connectivity index (χ1) is 12.8. The molecule has 0 aromatic carbocycles. The SMILES string of the molecule is O=c1cc([C@@H]2CCCN(Cc3ccncc3)C2)nc(-c2ccncc2)[nH]1. The third-order valence-corrected chi connectivity index (χ3v) is 4.79. The van der Waals surface area contributed by atoms with E-state index in [9.17, 15) is 4.79 Å². The number of aromatic amines is 1. The van der Waals surface area contributed by atoms with E-state index in [2.05, 4.69) is 32.0 Å². The molecule has 3 aromatic heterocycles. The number of nitrogens with zero attached hydrogens (tertiary/aromatic N) is 4. The van der Waals surface area contributed by atoms with Crippen molar-refractivity contribution < 1.29 is 0 Å². The summed E-state index contributed by atoms with van der Waals surface area (Å²) in [6.45, 7) is 2.88. The summed E-state index contributed by atoms with van der Waals surface area (Å²) in [4.78, 5) is 30.3. The van der Waals surface area contributed by atoms with E-state index in [0.717, 1.165) is 43.7 Å². The van der Waals surface area contributed by atoms with E-state index in [4.69, 9.17) is 4.98 Å². The van der Waals surface area contributed by atoms with Crippen molar-refractivity contribution in [3.63, 3.8) is 0 Å². The summed E-state index contributed by atoms with van der Waals surface area (Å²) in [7, 11) is 0. The first kappa shape index (κ1) is 16.6. The first-order valence-corrected chi connectivity index (χ1v) is 8.91. The van der Waals surface area contributed by atoms with Gasteiger partial charge in [-0.05, 0) is 49.2 Å². The summed E-state index contributed by atoms with van der Waals surface area (Å²) < 4.78 is 0. The fourth-order valence-electron chi connectivity index (χ4n) is 3.52. The number of H-pyrrole nitrogens is 1. The van der Waals surface area contributed by atoms with Gasteiger partial charge in [0.25, 0.3) is 5.56 Å². The Hall–Kier alpha value is -2.86. The molecule has 1 saturated heterocycles. The minimum absolute atomic E-state index is 0.104. The molecule has 0 unspecified atom stereocenters. The van der Waals surface area contributed by atoms with Crippen LogP contribution in [0.1, 0.15) is 30.0 Å². The standard InChI is InChI=1S/C20H21N5O/c26-19-12-18(23-20(24-19)16-5-9-22-10-6-16)17-2-1-11-25(14-17)13-15-3-7-21-8-4-15/h3-10,12,17H,1-2,11,13-14H2,(H,23,24,26)/t17-/m1/s1. The van der Waals surface area contributed by atoms with Gasteiger partial charge in [0.2, 0.25) is 0 Å². The van der Waals surface area contributed by atoms with Gasteiger partial charge in [0.1, 0.15) is 5.82 Å². The molecule has 0 amide bonds. The molecule has 132 valence electrons. The van der Waals surface area contributed by atoms with Crippen LogP contribution in [0.15, 0.2) is 59.9 Å². The highest BCUT2D eigenvalue weighted by molar-refractivity contribution is 5.53. The Morgan fingerprint density at radius 3 is 2.58 bits per heavy atom. The highest BCUT2D eigenvalue weighted by Gasteiger charge is 2.23. The highest BCUT2D eigenvalue weighted by Crippen LogP contribution is 2.27. The van der Waals surface area contributed by atoms with E-state index >= 15 is 0 Å². The number of piperidine rings is 1. The van der Waals surface area contributed by atoms with Crippen molar-refractivity contribution in [2.75, 3.05) is 13.1 Å². The van der Waals surface area contributed by atoms with Crippen molar-refractivity contribution >= 4 is 0 Å². The number of aromatic nitrogens is 4. The third-order valence-electron chi connectivity index (χ3n) is 4.79. The van der Waals surface area contributed by atoms with Gasteiger partial charge in [0, 0.05) is 55.4 Å². The Morgan fingerprint density at radius 2 is 1.81 bits per heavy atom. The lowest BCUT2D eigenvalue weighted by Gasteiger charge is -2.32. The predicted octanol–water partition coefficient (Wildman–Crippen LogP) is 2.61. The molecule has 1 atom stereocenters. The number of hydrogen-bond acceptors (Lipinski definition) is 5. The largest absolute Gasteiger partial charge is 0.307 e. The van der Waals surface area contributed by atoms with Gasteiger partial charge in [-0.3, -0.25) is 19.7 Å². The topological polar surface area (TPSA) is 74.8 Å². The summed E-state index contributed by atoms with van der Waals surface area (Å²) >= 11 is 0. The van der Waals surface area contributed by atoms with Crippen LogP contribution in [0.25, 0.3) is 11.4 Å². The minimum Gasteiger partial charge on any atom is -0.307 e. The average molecular weight is 347 g/mol. The predicted molar refractivity (Wildman–Crippen MR) is 99.6 cm³/mol. The van der Waals surface area contributed by atoms with E-state index in [1.165, 1.54) is 5.56 Å². The molecule has 6 heteroatoms. The van der Waals surface area contributed by atoms with Crippen molar-refractivity contribution in [1.82, 2.24) is 24.8 Å². The minimum atomic E-state index is -0.104. The lowest BCUT2D eigenvalue weighted by Crippen LogP contribution is -2.34. The molecule has 0 spiro atoms. The van der Waals surface area contributed by atoms with Crippen LogP contribution in [0.2, 0.25) is 0 Å². The van der Waals surface area contributed by atoms with Gasteiger partial charge in [-0.2, -0.15) is 0 Å². The molecule has 0 radical (unpaired) electrons. The normalized spacial score (nSPS) is 17.9. The van der Waals surface area contributed by atoms with Gasteiger partial charge in [0.15, 0.2) is 0 Å². The number of rotatable bonds is 4. The van der Waals surface area contributed by atoms with Crippen LogP contribution >= 0.6 is 0 Å². The van der Waals surface area contributed by atoms with E-state index in [0.29, 0.717) is 5.82 Å². The maximum absolute atomic E-state index is 12.2. The van der Waals surface area contributed by atoms with E-state index in [-0.39, 0.29) is 11.5 Å². The van der Waals surface area contributed by atoms with Crippen LogP contribution in [-0.4, -0.2) is 37.9 Å². The number of likely N-dealkylation sites (tertiary alicyclic amines) is 1. The zero-order valence-electron chi connectivity index (χ0n) is 14.5. The van der Waals surface area contributed by atoms with Crippen molar-refractivity contribution in [1.29, 1.82) is 0 Å². The molecule has 26 heavy (non-hydrogen) atoms. The molecule has 1 N–H and O–H groups in total. The smallest absolute Gasteiger partial charge is 0.251 e. The Morgan fingerprint density at radius 1 is 1.08 bits per heavy atom. The van der Waals surface area contributed by atoms with Crippen LogP contribution in [0, 0.1) is 0 Å². The molecular weight excluding hydrogens is 326 g/mol. The van der Waals surface area contributed by atoms with E-state index in [1.54, 1.807) is 18.5 Å².